The lowest BCUT2D eigenvalue weighted by molar-refractivity contribution is 0.245. The lowest BCUT2D eigenvalue weighted by Gasteiger charge is -2.21. The number of nitrogens with zero attached hydrogens (tertiary/aromatic N) is 2. The zero-order valence-electron chi connectivity index (χ0n) is 17.4. The van der Waals surface area contributed by atoms with Crippen molar-refractivity contribution in [3.63, 3.8) is 0 Å². The highest BCUT2D eigenvalue weighted by Gasteiger charge is 2.26. The highest BCUT2D eigenvalue weighted by Crippen LogP contribution is 2.46. The van der Waals surface area contributed by atoms with Crippen LogP contribution < -0.4 is 10.6 Å². The summed E-state index contributed by atoms with van der Waals surface area (Å²) in [5, 5.41) is 17.1. The molecule has 0 saturated heterocycles. The molecule has 1 aliphatic rings. The Labute approximate surface area is 194 Å². The minimum atomic E-state index is -0.350. The van der Waals surface area contributed by atoms with Crippen LogP contribution in [0.1, 0.15) is 24.1 Å². The van der Waals surface area contributed by atoms with E-state index in [4.69, 9.17) is 21.7 Å². The van der Waals surface area contributed by atoms with Crippen molar-refractivity contribution < 1.29 is 9.90 Å². The number of fused-ring (bicyclic) bond motifs is 2. The fraction of sp³-hybridized carbons (Fsp3) is 0.250. The van der Waals surface area contributed by atoms with Crippen LogP contribution in [0.25, 0.3) is 27.0 Å². The number of aromatic nitrogens is 2. The maximum Gasteiger partial charge on any atom is 0.319 e. The average Bonchev–Trinajstić information content (AvgIpc) is 3.44. The number of hydrogen-bond donors (Lipinski definition) is 3. The van der Waals surface area contributed by atoms with Crippen molar-refractivity contribution in [2.75, 3.05) is 18.5 Å². The maximum atomic E-state index is 12.4. The van der Waals surface area contributed by atoms with Crippen LogP contribution in [0.15, 0.2) is 48.8 Å². The molecule has 5 rings (SSSR count). The number of anilines is 1. The normalized spacial score (nSPS) is 13.2. The molecule has 0 unspecified atom stereocenters. The number of pyridine rings is 1. The number of rotatable bonds is 5. The van der Waals surface area contributed by atoms with Crippen molar-refractivity contribution in [2.45, 2.75) is 25.7 Å². The number of urea groups is 1. The highest BCUT2D eigenvalue weighted by molar-refractivity contribution is 7.23. The number of benzene rings is 1. The monoisotopic (exact) mass is 466 g/mol. The number of thiophene rings is 1. The summed E-state index contributed by atoms with van der Waals surface area (Å²) in [4.78, 5) is 18.4. The van der Waals surface area contributed by atoms with Crippen molar-refractivity contribution in [3.8, 4) is 16.8 Å². The van der Waals surface area contributed by atoms with Crippen molar-refractivity contribution >= 4 is 44.2 Å². The van der Waals surface area contributed by atoms with Gasteiger partial charge in [-0.3, -0.25) is 5.32 Å². The third-order valence-corrected chi connectivity index (χ3v) is 6.95. The second kappa shape index (κ2) is 8.94. The van der Waals surface area contributed by atoms with Crippen molar-refractivity contribution in [1.29, 1.82) is 0 Å². The Kier molecular flexibility index (Phi) is 5.87. The Morgan fingerprint density at radius 1 is 1.16 bits per heavy atom. The predicted molar refractivity (Wildman–Crippen MR) is 130 cm³/mol. The van der Waals surface area contributed by atoms with Gasteiger partial charge in [-0.05, 0) is 66.6 Å². The van der Waals surface area contributed by atoms with E-state index in [1.807, 2.05) is 41.2 Å². The largest absolute Gasteiger partial charge is 0.395 e. The fourth-order valence-corrected chi connectivity index (χ4v) is 5.56. The molecule has 8 heteroatoms. The molecular weight excluding hydrogens is 444 g/mol. The Balaban J connectivity index is 1.78. The smallest absolute Gasteiger partial charge is 0.319 e. The molecule has 32 heavy (non-hydrogen) atoms. The Morgan fingerprint density at radius 2 is 1.91 bits per heavy atom. The minimum Gasteiger partial charge on any atom is -0.395 e. The van der Waals surface area contributed by atoms with Gasteiger partial charge in [0.2, 0.25) is 0 Å². The van der Waals surface area contributed by atoms with Gasteiger partial charge in [0.05, 0.1) is 12.3 Å². The standard InChI is InChI=1S/C24H23ClN4O2S/c25-16-9-7-15(8-10-16)19-17-5-1-2-6-18(17)27-22-20(19)21(29-12-3-4-13-29)23(32-22)28-24(31)26-11-14-30/h3-4,7-10,12-13,30H,1-2,5-6,11,14H2,(H2,26,28,31). The van der Waals surface area contributed by atoms with E-state index < -0.39 is 0 Å². The summed E-state index contributed by atoms with van der Waals surface area (Å²) < 4.78 is 2.02. The second-order valence-electron chi connectivity index (χ2n) is 7.78. The predicted octanol–water partition coefficient (Wildman–Crippen LogP) is 5.40. The molecule has 6 nitrogen and oxygen atoms in total. The van der Waals surface area contributed by atoms with Crippen LogP contribution in [0, 0.1) is 0 Å². The Bertz CT molecular complexity index is 1270. The molecule has 3 aromatic heterocycles. The first-order valence-electron chi connectivity index (χ1n) is 10.7. The van der Waals surface area contributed by atoms with Gasteiger partial charge in [0.15, 0.2) is 0 Å². The SMILES string of the molecule is O=C(NCCO)Nc1sc2nc3c(c(-c4ccc(Cl)cc4)c2c1-n1cccc1)CCCC3. The van der Waals surface area contributed by atoms with E-state index in [-0.39, 0.29) is 19.2 Å². The summed E-state index contributed by atoms with van der Waals surface area (Å²) in [6.07, 6.45) is 8.17. The summed E-state index contributed by atoms with van der Waals surface area (Å²) >= 11 is 7.67. The van der Waals surface area contributed by atoms with Gasteiger partial charge in [-0.25, -0.2) is 9.78 Å². The molecule has 0 fully saturated rings. The maximum absolute atomic E-state index is 12.4. The number of aliphatic hydroxyl groups is 1. The minimum absolute atomic E-state index is 0.112. The first-order chi connectivity index (χ1) is 15.7. The van der Waals surface area contributed by atoms with Gasteiger partial charge in [0.1, 0.15) is 9.83 Å². The topological polar surface area (TPSA) is 79.2 Å². The third-order valence-electron chi connectivity index (χ3n) is 5.71. The summed E-state index contributed by atoms with van der Waals surface area (Å²) in [6, 6.07) is 11.5. The van der Waals surface area contributed by atoms with Crippen molar-refractivity contribution in [2.24, 2.45) is 0 Å². The van der Waals surface area contributed by atoms with Gasteiger partial charge in [0, 0.05) is 35.0 Å². The van der Waals surface area contributed by atoms with Gasteiger partial charge < -0.3 is 15.0 Å². The van der Waals surface area contributed by atoms with E-state index in [9.17, 15) is 4.79 Å². The molecule has 4 aromatic rings. The molecule has 0 saturated carbocycles. The molecule has 164 valence electrons. The number of carbonyl (C=O) groups excluding carboxylic acids is 1. The van der Waals surface area contributed by atoms with Crippen LogP contribution >= 0.6 is 22.9 Å². The van der Waals surface area contributed by atoms with Gasteiger partial charge >= 0.3 is 6.03 Å². The summed E-state index contributed by atoms with van der Waals surface area (Å²) in [7, 11) is 0. The molecule has 0 atom stereocenters. The number of halogens is 1. The average molecular weight is 467 g/mol. The van der Waals surface area contributed by atoms with E-state index in [1.54, 1.807) is 0 Å². The molecule has 0 aliphatic heterocycles. The van der Waals surface area contributed by atoms with Gasteiger partial charge in [-0.1, -0.05) is 35.1 Å². The quantitative estimate of drug-likeness (QED) is 0.368. The van der Waals surface area contributed by atoms with Crippen LogP contribution in [-0.4, -0.2) is 33.8 Å². The third kappa shape index (κ3) is 3.88. The fourth-order valence-electron chi connectivity index (χ4n) is 4.34. The molecule has 0 radical (unpaired) electrons. The Hall–Kier alpha value is -2.87. The first kappa shape index (κ1) is 21.0. The van der Waals surface area contributed by atoms with Crippen molar-refractivity contribution in [1.82, 2.24) is 14.9 Å². The number of aliphatic hydroxyl groups excluding tert-OH is 1. The number of hydrogen-bond acceptors (Lipinski definition) is 4. The number of amides is 2. The van der Waals surface area contributed by atoms with Crippen LogP contribution in [0.4, 0.5) is 9.80 Å². The van der Waals surface area contributed by atoms with Crippen LogP contribution in [-0.2, 0) is 12.8 Å². The number of aryl methyl sites for hydroxylation is 1. The van der Waals surface area contributed by atoms with Gasteiger partial charge in [-0.15, -0.1) is 0 Å². The van der Waals surface area contributed by atoms with E-state index >= 15 is 0 Å². The molecule has 1 aromatic carbocycles. The van der Waals surface area contributed by atoms with E-state index in [1.165, 1.54) is 22.5 Å². The highest BCUT2D eigenvalue weighted by atomic mass is 35.5. The van der Waals surface area contributed by atoms with Crippen LogP contribution in [0.2, 0.25) is 5.02 Å². The van der Waals surface area contributed by atoms with Gasteiger partial charge in [-0.2, -0.15) is 0 Å². The first-order valence-corrected chi connectivity index (χ1v) is 11.9. The molecule has 3 heterocycles. The summed E-state index contributed by atoms with van der Waals surface area (Å²) in [5.41, 5.74) is 5.60. The van der Waals surface area contributed by atoms with Crippen molar-refractivity contribution in [3.05, 3.63) is 65.1 Å². The summed E-state index contributed by atoms with van der Waals surface area (Å²) in [5.74, 6) is 0. The zero-order chi connectivity index (χ0) is 22.1. The molecule has 0 spiro atoms. The summed E-state index contributed by atoms with van der Waals surface area (Å²) in [6.45, 7) is 0.0808. The molecular formula is C24H23ClN4O2S. The van der Waals surface area contributed by atoms with E-state index in [2.05, 4.69) is 22.8 Å². The lowest BCUT2D eigenvalue weighted by Crippen LogP contribution is -2.30. The number of nitrogens with one attached hydrogen (secondary N) is 2. The number of carbonyl (C=O) groups is 1. The van der Waals surface area contributed by atoms with Crippen LogP contribution in [0.5, 0.6) is 0 Å². The second-order valence-corrected chi connectivity index (χ2v) is 9.22. The van der Waals surface area contributed by atoms with Gasteiger partial charge in [0.25, 0.3) is 0 Å². The molecule has 1 aliphatic carbocycles. The molecule has 2 amide bonds. The van der Waals surface area contributed by atoms with Crippen LogP contribution in [0.3, 0.4) is 0 Å². The lowest BCUT2D eigenvalue weighted by atomic mass is 9.87. The zero-order valence-corrected chi connectivity index (χ0v) is 19.0. The van der Waals surface area contributed by atoms with E-state index in [0.717, 1.165) is 57.8 Å². The Morgan fingerprint density at radius 3 is 2.66 bits per heavy atom. The molecule has 3 N–H and O–H groups in total. The van der Waals surface area contributed by atoms with E-state index in [0.29, 0.717) is 5.02 Å². The molecule has 0 bridgehead atoms.